The van der Waals surface area contributed by atoms with E-state index in [9.17, 15) is 4.79 Å². The van der Waals surface area contributed by atoms with E-state index < -0.39 is 0 Å². The maximum Gasteiger partial charge on any atom is 0.330 e. The molecule has 0 saturated heterocycles. The number of benzene rings is 2. The Kier molecular flexibility index (Phi) is 8.05. The number of carbonyl (C=O) groups excluding carboxylic acids is 1. The fourth-order valence-corrected chi connectivity index (χ4v) is 2.27. The van der Waals surface area contributed by atoms with Crippen LogP contribution in [0, 0.1) is 0 Å². The van der Waals surface area contributed by atoms with Crippen molar-refractivity contribution in [3.05, 3.63) is 65.7 Å². The van der Waals surface area contributed by atoms with Gasteiger partial charge in [-0.15, -0.1) is 0 Å². The minimum Gasteiger partial charge on any atom is -0.494 e. The van der Waals surface area contributed by atoms with Gasteiger partial charge in [0.25, 0.3) is 0 Å². The van der Waals surface area contributed by atoms with E-state index in [1.807, 2.05) is 48.5 Å². The normalized spacial score (nSPS) is 10.6. The molecule has 0 aliphatic rings. The first-order valence-corrected chi connectivity index (χ1v) is 9.10. The summed E-state index contributed by atoms with van der Waals surface area (Å²) in [6.07, 6.45) is 4.05. The molecule has 0 aromatic heterocycles. The first-order chi connectivity index (χ1) is 12.2. The first-order valence-electron chi connectivity index (χ1n) is 7.98. The second kappa shape index (κ2) is 10.6. The number of esters is 1. The maximum absolute atomic E-state index is 11.1. The molecule has 0 heterocycles. The summed E-state index contributed by atoms with van der Waals surface area (Å²) in [6.45, 7) is 1.16. The fraction of sp³-hybridized carbons (Fsp3) is 0.250. The molecule has 0 unspecified atom stereocenters. The molecule has 0 saturated carbocycles. The zero-order valence-corrected chi connectivity index (χ0v) is 15.7. The second-order valence-electron chi connectivity index (χ2n) is 5.25. The Bertz CT molecular complexity index is 695. The van der Waals surface area contributed by atoms with Gasteiger partial charge in [-0.05, 0) is 47.9 Å². The molecule has 25 heavy (non-hydrogen) atoms. The van der Waals surface area contributed by atoms with Crippen LogP contribution in [0.15, 0.2) is 54.6 Å². The molecule has 132 valence electrons. The molecule has 4 nitrogen and oxygen atoms in total. The van der Waals surface area contributed by atoms with Gasteiger partial charge in [0.05, 0.1) is 13.7 Å². The number of alkyl halides is 1. The Morgan fingerprint density at radius 2 is 1.88 bits per heavy atom. The van der Waals surface area contributed by atoms with Crippen LogP contribution < -0.4 is 9.47 Å². The largest absolute Gasteiger partial charge is 0.494 e. The number of ether oxygens (including phenoxy) is 3. The Labute approximate surface area is 156 Å². The highest BCUT2D eigenvalue weighted by Gasteiger charge is 2.00. The average Bonchev–Trinajstić information content (AvgIpc) is 2.66. The summed E-state index contributed by atoms with van der Waals surface area (Å²) in [5.74, 6) is 1.24. The first kappa shape index (κ1) is 19.1. The molecule has 2 aromatic rings. The predicted molar refractivity (Wildman–Crippen MR) is 102 cm³/mol. The van der Waals surface area contributed by atoms with Crippen LogP contribution in [0.25, 0.3) is 6.08 Å². The quantitative estimate of drug-likeness (QED) is 0.264. The van der Waals surface area contributed by atoms with E-state index in [0.717, 1.165) is 34.4 Å². The predicted octanol–water partition coefficient (Wildman–Crippen LogP) is 4.62. The van der Waals surface area contributed by atoms with E-state index in [-0.39, 0.29) is 5.97 Å². The topological polar surface area (TPSA) is 44.8 Å². The Balaban J connectivity index is 1.87. The second-order valence-corrected chi connectivity index (χ2v) is 6.05. The van der Waals surface area contributed by atoms with E-state index >= 15 is 0 Å². The standard InChI is InChI=1S/C20H21BrO4/c1-23-20(22)11-8-16-6-9-18(10-7-16)25-15-17-4-2-5-19(14-17)24-13-3-12-21/h2,4-11,14H,3,12-13,15H2,1H3/b11-8+. The third-order valence-corrected chi connectivity index (χ3v) is 3.90. The van der Waals surface area contributed by atoms with Gasteiger partial charge in [-0.2, -0.15) is 0 Å². The van der Waals surface area contributed by atoms with Crippen LogP contribution in [0.4, 0.5) is 0 Å². The van der Waals surface area contributed by atoms with Crippen LogP contribution in [0.5, 0.6) is 11.5 Å². The highest BCUT2D eigenvalue weighted by Crippen LogP contribution is 2.18. The lowest BCUT2D eigenvalue weighted by atomic mass is 10.2. The summed E-state index contributed by atoms with van der Waals surface area (Å²) in [4.78, 5) is 11.1. The van der Waals surface area contributed by atoms with Crippen LogP contribution >= 0.6 is 15.9 Å². The van der Waals surface area contributed by atoms with Gasteiger partial charge >= 0.3 is 5.97 Å². The summed E-state index contributed by atoms with van der Waals surface area (Å²) in [5, 5.41) is 0.931. The van der Waals surface area contributed by atoms with E-state index in [1.54, 1.807) is 6.08 Å². The molecule has 0 radical (unpaired) electrons. The third kappa shape index (κ3) is 7.01. The third-order valence-electron chi connectivity index (χ3n) is 3.34. The molecule has 0 amide bonds. The molecule has 0 aliphatic carbocycles. The summed E-state index contributed by atoms with van der Waals surface area (Å²) >= 11 is 3.39. The molecule has 0 atom stereocenters. The van der Waals surface area contributed by atoms with Crippen LogP contribution in [-0.4, -0.2) is 25.0 Å². The molecular weight excluding hydrogens is 384 g/mol. The van der Waals surface area contributed by atoms with Gasteiger partial charge in [-0.25, -0.2) is 4.79 Å². The van der Waals surface area contributed by atoms with Crippen LogP contribution in [-0.2, 0) is 16.1 Å². The van der Waals surface area contributed by atoms with Crippen molar-refractivity contribution in [3.63, 3.8) is 0 Å². The molecule has 2 rings (SSSR count). The average molecular weight is 405 g/mol. The van der Waals surface area contributed by atoms with Crippen LogP contribution in [0.2, 0.25) is 0 Å². The minimum absolute atomic E-state index is 0.376. The van der Waals surface area contributed by atoms with Crippen molar-refractivity contribution in [2.45, 2.75) is 13.0 Å². The van der Waals surface area contributed by atoms with Crippen molar-refractivity contribution >= 4 is 28.0 Å². The fourth-order valence-electron chi connectivity index (χ4n) is 2.04. The van der Waals surface area contributed by atoms with Crippen molar-refractivity contribution in [1.29, 1.82) is 0 Å². The molecule has 0 aliphatic heterocycles. The molecular formula is C20H21BrO4. The van der Waals surface area contributed by atoms with Crippen molar-refractivity contribution in [3.8, 4) is 11.5 Å². The maximum atomic E-state index is 11.1. The molecule has 2 aromatic carbocycles. The lowest BCUT2D eigenvalue weighted by molar-refractivity contribution is -0.134. The Morgan fingerprint density at radius 3 is 2.60 bits per heavy atom. The number of halogens is 1. The highest BCUT2D eigenvalue weighted by atomic mass is 79.9. The Morgan fingerprint density at radius 1 is 1.08 bits per heavy atom. The van der Waals surface area contributed by atoms with E-state index in [4.69, 9.17) is 9.47 Å². The van der Waals surface area contributed by atoms with Crippen molar-refractivity contribution in [1.82, 2.24) is 0 Å². The smallest absolute Gasteiger partial charge is 0.330 e. The summed E-state index contributed by atoms with van der Waals surface area (Å²) in [5.41, 5.74) is 1.95. The zero-order valence-electron chi connectivity index (χ0n) is 14.1. The van der Waals surface area contributed by atoms with Gasteiger partial charge < -0.3 is 14.2 Å². The zero-order chi connectivity index (χ0) is 17.9. The van der Waals surface area contributed by atoms with Crippen molar-refractivity contribution < 1.29 is 19.0 Å². The summed E-state index contributed by atoms with van der Waals surface area (Å²) in [7, 11) is 1.35. The lowest BCUT2D eigenvalue weighted by Gasteiger charge is -2.09. The minimum atomic E-state index is -0.376. The number of rotatable bonds is 9. The van der Waals surface area contributed by atoms with Crippen LogP contribution in [0.1, 0.15) is 17.5 Å². The van der Waals surface area contributed by atoms with Gasteiger partial charge in [0, 0.05) is 11.4 Å². The lowest BCUT2D eigenvalue weighted by Crippen LogP contribution is -1.99. The highest BCUT2D eigenvalue weighted by molar-refractivity contribution is 9.09. The number of carbonyl (C=O) groups is 1. The Hall–Kier alpha value is -2.27. The molecule has 0 N–H and O–H groups in total. The summed E-state index contributed by atoms with van der Waals surface area (Å²) in [6, 6.07) is 15.4. The number of hydrogen-bond donors (Lipinski definition) is 0. The van der Waals surface area contributed by atoms with Crippen molar-refractivity contribution in [2.75, 3.05) is 19.0 Å². The molecule has 0 bridgehead atoms. The molecule has 5 heteroatoms. The van der Waals surface area contributed by atoms with E-state index in [1.165, 1.54) is 13.2 Å². The van der Waals surface area contributed by atoms with Gasteiger partial charge in [-0.1, -0.05) is 40.2 Å². The molecule has 0 spiro atoms. The van der Waals surface area contributed by atoms with Gasteiger partial charge in [0.1, 0.15) is 18.1 Å². The van der Waals surface area contributed by atoms with Gasteiger partial charge in [-0.3, -0.25) is 0 Å². The van der Waals surface area contributed by atoms with E-state index in [0.29, 0.717) is 13.2 Å². The van der Waals surface area contributed by atoms with E-state index in [2.05, 4.69) is 20.7 Å². The molecule has 0 fully saturated rings. The SMILES string of the molecule is COC(=O)/C=C/c1ccc(OCc2cccc(OCCCBr)c2)cc1. The van der Waals surface area contributed by atoms with Gasteiger partial charge in [0.15, 0.2) is 0 Å². The number of hydrogen-bond acceptors (Lipinski definition) is 4. The summed E-state index contributed by atoms with van der Waals surface area (Å²) < 4.78 is 16.0. The monoisotopic (exact) mass is 404 g/mol. The number of methoxy groups -OCH3 is 1. The van der Waals surface area contributed by atoms with Crippen molar-refractivity contribution in [2.24, 2.45) is 0 Å². The van der Waals surface area contributed by atoms with Crippen LogP contribution in [0.3, 0.4) is 0 Å². The van der Waals surface area contributed by atoms with Gasteiger partial charge in [0.2, 0.25) is 0 Å².